The van der Waals surface area contributed by atoms with Crippen molar-refractivity contribution >= 4 is 11.3 Å². The smallest absolute Gasteiger partial charge is 0.131 e. The maximum atomic E-state index is 4.14. The third-order valence-corrected chi connectivity index (χ3v) is 2.73. The van der Waals surface area contributed by atoms with Crippen LogP contribution in [0.5, 0.6) is 0 Å². The van der Waals surface area contributed by atoms with Crippen LogP contribution in [-0.4, -0.2) is 15.7 Å². The summed E-state index contributed by atoms with van der Waals surface area (Å²) in [5.74, 6) is 0. The Morgan fingerprint density at radius 2 is 1.86 bits per heavy atom. The zero-order valence-electron chi connectivity index (χ0n) is 9.42. The number of hydrogen-bond donors (Lipinski definition) is 1. The molecule has 14 heavy (non-hydrogen) atoms. The third kappa shape index (κ3) is 4.15. The number of aryl methyl sites for hydroxylation is 1. The quantitative estimate of drug-likeness (QED) is 0.834. The van der Waals surface area contributed by atoms with Crippen LogP contribution in [0.4, 0.5) is 0 Å². The minimum atomic E-state index is 0.149. The van der Waals surface area contributed by atoms with E-state index in [9.17, 15) is 0 Å². The van der Waals surface area contributed by atoms with Crippen molar-refractivity contribution in [1.82, 2.24) is 15.5 Å². The molecule has 1 N–H and O–H groups in total. The summed E-state index contributed by atoms with van der Waals surface area (Å²) < 4.78 is 0. The molecule has 0 amide bonds. The van der Waals surface area contributed by atoms with Gasteiger partial charge in [0.25, 0.3) is 0 Å². The lowest BCUT2D eigenvalue weighted by atomic mass is 10.1. The second-order valence-corrected chi connectivity index (χ2v) is 5.59. The molecule has 0 fully saturated rings. The second-order valence-electron chi connectivity index (χ2n) is 4.44. The Morgan fingerprint density at radius 3 is 2.43 bits per heavy atom. The molecule has 0 aliphatic carbocycles. The summed E-state index contributed by atoms with van der Waals surface area (Å²) in [5.41, 5.74) is 0.149. The van der Waals surface area contributed by atoms with Gasteiger partial charge >= 0.3 is 0 Å². The molecule has 0 saturated heterocycles. The van der Waals surface area contributed by atoms with Gasteiger partial charge in [-0.15, -0.1) is 21.5 Å². The van der Waals surface area contributed by atoms with Gasteiger partial charge in [0.05, 0.1) is 6.54 Å². The van der Waals surface area contributed by atoms with Crippen molar-refractivity contribution in [2.75, 3.05) is 0 Å². The normalized spacial score (nSPS) is 12.0. The van der Waals surface area contributed by atoms with Gasteiger partial charge in [-0.05, 0) is 27.2 Å². The SMILES string of the molecule is CCCc1nnc(CNC(C)(C)C)s1. The average molecular weight is 213 g/mol. The van der Waals surface area contributed by atoms with Gasteiger partial charge in [0.15, 0.2) is 0 Å². The molecule has 0 radical (unpaired) electrons. The van der Waals surface area contributed by atoms with Gasteiger partial charge in [0, 0.05) is 12.0 Å². The van der Waals surface area contributed by atoms with E-state index in [1.807, 2.05) is 0 Å². The number of hydrogen-bond acceptors (Lipinski definition) is 4. The molecule has 0 aliphatic heterocycles. The largest absolute Gasteiger partial charge is 0.306 e. The molecule has 0 aromatic carbocycles. The molecule has 0 bridgehead atoms. The Balaban J connectivity index is 2.44. The summed E-state index contributed by atoms with van der Waals surface area (Å²) in [5, 5.41) is 13.9. The van der Waals surface area contributed by atoms with Crippen LogP contribution in [0.2, 0.25) is 0 Å². The van der Waals surface area contributed by atoms with E-state index >= 15 is 0 Å². The highest BCUT2D eigenvalue weighted by molar-refractivity contribution is 7.11. The van der Waals surface area contributed by atoms with E-state index in [4.69, 9.17) is 0 Å². The molecule has 1 aromatic heterocycles. The Hall–Kier alpha value is -0.480. The summed E-state index contributed by atoms with van der Waals surface area (Å²) in [4.78, 5) is 0. The van der Waals surface area contributed by atoms with Gasteiger partial charge < -0.3 is 5.32 Å². The highest BCUT2D eigenvalue weighted by Crippen LogP contribution is 2.12. The van der Waals surface area contributed by atoms with Crippen LogP contribution in [0.3, 0.4) is 0 Å². The molecule has 0 aliphatic rings. The Bertz CT molecular complexity index is 275. The van der Waals surface area contributed by atoms with Crippen LogP contribution in [0.1, 0.15) is 44.1 Å². The predicted octanol–water partition coefficient (Wildman–Crippen LogP) is 2.38. The summed E-state index contributed by atoms with van der Waals surface area (Å²) in [6.45, 7) is 9.45. The molecule has 4 heteroatoms. The van der Waals surface area contributed by atoms with Crippen LogP contribution in [0.15, 0.2) is 0 Å². The summed E-state index contributed by atoms with van der Waals surface area (Å²) >= 11 is 1.71. The van der Waals surface area contributed by atoms with Crippen molar-refractivity contribution in [3.8, 4) is 0 Å². The van der Waals surface area contributed by atoms with E-state index in [0.717, 1.165) is 29.4 Å². The van der Waals surface area contributed by atoms with E-state index in [1.54, 1.807) is 11.3 Å². The van der Waals surface area contributed by atoms with Crippen molar-refractivity contribution in [2.45, 2.75) is 52.6 Å². The molecule has 1 heterocycles. The van der Waals surface area contributed by atoms with E-state index in [1.165, 1.54) is 0 Å². The lowest BCUT2D eigenvalue weighted by molar-refractivity contribution is 0.423. The van der Waals surface area contributed by atoms with Crippen LogP contribution in [0.25, 0.3) is 0 Å². The van der Waals surface area contributed by atoms with E-state index in [0.29, 0.717) is 0 Å². The van der Waals surface area contributed by atoms with Crippen molar-refractivity contribution < 1.29 is 0 Å². The van der Waals surface area contributed by atoms with Crippen LogP contribution >= 0.6 is 11.3 Å². The first-order chi connectivity index (χ1) is 6.51. The molecular formula is C10H19N3S. The molecule has 0 atom stereocenters. The maximum Gasteiger partial charge on any atom is 0.131 e. The van der Waals surface area contributed by atoms with Crippen LogP contribution in [-0.2, 0) is 13.0 Å². The fourth-order valence-corrected chi connectivity index (χ4v) is 1.90. The summed E-state index contributed by atoms with van der Waals surface area (Å²) in [6.07, 6.45) is 2.19. The number of aromatic nitrogens is 2. The van der Waals surface area contributed by atoms with Gasteiger partial charge in [-0.1, -0.05) is 6.92 Å². The van der Waals surface area contributed by atoms with Crippen molar-refractivity contribution in [3.05, 3.63) is 10.0 Å². The van der Waals surface area contributed by atoms with E-state index < -0.39 is 0 Å². The zero-order chi connectivity index (χ0) is 10.6. The maximum absolute atomic E-state index is 4.14. The first-order valence-electron chi connectivity index (χ1n) is 5.07. The lowest BCUT2D eigenvalue weighted by Crippen LogP contribution is -2.35. The van der Waals surface area contributed by atoms with Crippen molar-refractivity contribution in [1.29, 1.82) is 0 Å². The number of nitrogens with one attached hydrogen (secondary N) is 1. The van der Waals surface area contributed by atoms with Crippen molar-refractivity contribution in [2.24, 2.45) is 0 Å². The standard InChI is InChI=1S/C10H19N3S/c1-5-6-8-12-13-9(14-8)7-11-10(2,3)4/h11H,5-7H2,1-4H3. The Labute approximate surface area is 89.9 Å². The summed E-state index contributed by atoms with van der Waals surface area (Å²) in [6, 6.07) is 0. The van der Waals surface area contributed by atoms with E-state index in [-0.39, 0.29) is 5.54 Å². The zero-order valence-corrected chi connectivity index (χ0v) is 10.2. The molecule has 0 spiro atoms. The first kappa shape index (κ1) is 11.6. The Morgan fingerprint density at radius 1 is 1.21 bits per heavy atom. The summed E-state index contributed by atoms with van der Waals surface area (Å²) in [7, 11) is 0. The van der Waals surface area contributed by atoms with Gasteiger partial charge in [0.2, 0.25) is 0 Å². The minimum Gasteiger partial charge on any atom is -0.306 e. The highest BCUT2D eigenvalue weighted by atomic mass is 32.1. The van der Waals surface area contributed by atoms with Crippen LogP contribution < -0.4 is 5.32 Å². The molecule has 0 saturated carbocycles. The Kier molecular flexibility index (Phi) is 4.01. The number of rotatable bonds is 4. The minimum absolute atomic E-state index is 0.149. The van der Waals surface area contributed by atoms with Gasteiger partial charge in [-0.3, -0.25) is 0 Å². The first-order valence-corrected chi connectivity index (χ1v) is 5.89. The highest BCUT2D eigenvalue weighted by Gasteiger charge is 2.10. The third-order valence-electron chi connectivity index (χ3n) is 1.74. The second kappa shape index (κ2) is 4.84. The molecule has 1 rings (SSSR count). The topological polar surface area (TPSA) is 37.8 Å². The molecule has 1 aromatic rings. The fourth-order valence-electron chi connectivity index (χ4n) is 1.02. The number of nitrogens with zero attached hydrogens (tertiary/aromatic N) is 2. The fraction of sp³-hybridized carbons (Fsp3) is 0.800. The van der Waals surface area contributed by atoms with Gasteiger partial charge in [-0.25, -0.2) is 0 Å². The van der Waals surface area contributed by atoms with E-state index in [2.05, 4.69) is 43.2 Å². The lowest BCUT2D eigenvalue weighted by Gasteiger charge is -2.19. The molecule has 3 nitrogen and oxygen atoms in total. The average Bonchev–Trinajstić information content (AvgIpc) is 2.49. The molecule has 80 valence electrons. The van der Waals surface area contributed by atoms with Crippen LogP contribution in [0, 0.1) is 0 Å². The van der Waals surface area contributed by atoms with Gasteiger partial charge in [-0.2, -0.15) is 0 Å². The predicted molar refractivity (Wildman–Crippen MR) is 60.5 cm³/mol. The molecular weight excluding hydrogens is 194 g/mol. The van der Waals surface area contributed by atoms with Crippen molar-refractivity contribution in [3.63, 3.8) is 0 Å². The van der Waals surface area contributed by atoms with Gasteiger partial charge in [0.1, 0.15) is 10.0 Å². The molecule has 0 unspecified atom stereocenters. The monoisotopic (exact) mass is 213 g/mol.